The van der Waals surface area contributed by atoms with E-state index in [9.17, 15) is 18.4 Å². The second-order valence-corrected chi connectivity index (χ2v) is 4.54. The number of rotatable bonds is 5. The lowest BCUT2D eigenvalue weighted by Gasteiger charge is -2.04. The Kier molecular flexibility index (Phi) is 5.51. The number of carbonyl (C=O) groups is 2. The fraction of sp³-hybridized carbons (Fsp3) is 0.0625. The smallest absolute Gasteiger partial charge is 0.259 e. The number of nitrogens with one attached hydrogen (secondary N) is 2. The van der Waals surface area contributed by atoms with Crippen molar-refractivity contribution >= 4 is 18.0 Å². The molecule has 0 aliphatic heterocycles. The lowest BCUT2D eigenvalue weighted by molar-refractivity contribution is -0.120. The topological polar surface area (TPSA) is 70.6 Å². The van der Waals surface area contributed by atoms with Crippen LogP contribution in [0, 0.1) is 11.6 Å². The van der Waals surface area contributed by atoms with Crippen LogP contribution in [-0.2, 0) is 4.79 Å². The largest absolute Gasteiger partial charge is 0.343 e. The standard InChI is InChI=1S/C16H13F2N3O2/c17-13-6-4-11(5-7-13)9-20-21-15(22)10-19-16(23)12-2-1-3-14(18)8-12/h1-9H,10H2,(H,19,23)(H,21,22)/b20-9+. The van der Waals surface area contributed by atoms with Crippen molar-refractivity contribution in [1.29, 1.82) is 0 Å². The van der Waals surface area contributed by atoms with Gasteiger partial charge in [-0.1, -0.05) is 18.2 Å². The Morgan fingerprint density at radius 1 is 1.04 bits per heavy atom. The molecule has 0 heterocycles. The molecule has 0 aliphatic carbocycles. The highest BCUT2D eigenvalue weighted by Crippen LogP contribution is 2.02. The van der Waals surface area contributed by atoms with E-state index in [-0.39, 0.29) is 17.9 Å². The maximum Gasteiger partial charge on any atom is 0.259 e. The molecule has 0 aliphatic rings. The highest BCUT2D eigenvalue weighted by Gasteiger charge is 2.08. The molecule has 0 bridgehead atoms. The van der Waals surface area contributed by atoms with Crippen molar-refractivity contribution in [2.24, 2.45) is 5.10 Å². The van der Waals surface area contributed by atoms with E-state index in [1.165, 1.54) is 48.7 Å². The van der Waals surface area contributed by atoms with E-state index in [4.69, 9.17) is 0 Å². The van der Waals surface area contributed by atoms with E-state index in [0.717, 1.165) is 6.07 Å². The van der Waals surface area contributed by atoms with E-state index in [1.54, 1.807) is 0 Å². The van der Waals surface area contributed by atoms with Gasteiger partial charge in [-0.3, -0.25) is 9.59 Å². The van der Waals surface area contributed by atoms with Gasteiger partial charge in [-0.05, 0) is 35.9 Å². The summed E-state index contributed by atoms with van der Waals surface area (Å²) in [6.45, 7) is -0.309. The number of halogens is 2. The van der Waals surface area contributed by atoms with Gasteiger partial charge >= 0.3 is 0 Å². The van der Waals surface area contributed by atoms with Crippen molar-refractivity contribution < 1.29 is 18.4 Å². The van der Waals surface area contributed by atoms with Gasteiger partial charge < -0.3 is 5.32 Å². The lowest BCUT2D eigenvalue weighted by Crippen LogP contribution is -2.34. The summed E-state index contributed by atoms with van der Waals surface area (Å²) in [5.74, 6) is -2.02. The Balaban J connectivity index is 1.78. The Bertz CT molecular complexity index is 730. The van der Waals surface area contributed by atoms with Crippen LogP contribution in [-0.4, -0.2) is 24.6 Å². The zero-order valence-corrected chi connectivity index (χ0v) is 11.9. The van der Waals surface area contributed by atoms with Crippen molar-refractivity contribution in [1.82, 2.24) is 10.7 Å². The lowest BCUT2D eigenvalue weighted by atomic mass is 10.2. The molecule has 23 heavy (non-hydrogen) atoms. The normalized spacial score (nSPS) is 10.5. The maximum atomic E-state index is 13.0. The number of nitrogens with zero attached hydrogens (tertiary/aromatic N) is 1. The highest BCUT2D eigenvalue weighted by atomic mass is 19.1. The second kappa shape index (κ2) is 7.79. The third-order valence-electron chi connectivity index (χ3n) is 2.77. The molecule has 0 saturated carbocycles. The Morgan fingerprint density at radius 2 is 1.78 bits per heavy atom. The van der Waals surface area contributed by atoms with Gasteiger partial charge in [0.15, 0.2) is 0 Å². The molecule has 5 nitrogen and oxygen atoms in total. The Morgan fingerprint density at radius 3 is 2.48 bits per heavy atom. The average Bonchev–Trinajstić information content (AvgIpc) is 2.54. The molecular weight excluding hydrogens is 304 g/mol. The Hall–Kier alpha value is -3.09. The summed E-state index contributed by atoms with van der Waals surface area (Å²) in [5.41, 5.74) is 2.94. The number of hydrazone groups is 1. The van der Waals surface area contributed by atoms with Gasteiger partial charge in [0.25, 0.3) is 11.8 Å². The monoisotopic (exact) mass is 317 g/mol. The quantitative estimate of drug-likeness (QED) is 0.652. The minimum absolute atomic E-state index is 0.118. The first-order valence-electron chi connectivity index (χ1n) is 6.66. The van der Waals surface area contributed by atoms with Crippen molar-refractivity contribution in [3.63, 3.8) is 0 Å². The third-order valence-corrected chi connectivity index (χ3v) is 2.77. The van der Waals surface area contributed by atoms with Gasteiger partial charge in [0, 0.05) is 5.56 Å². The number of benzene rings is 2. The maximum absolute atomic E-state index is 13.0. The van der Waals surface area contributed by atoms with Gasteiger partial charge in [0.1, 0.15) is 11.6 Å². The van der Waals surface area contributed by atoms with Crippen molar-refractivity contribution in [2.75, 3.05) is 6.54 Å². The molecule has 2 N–H and O–H groups in total. The summed E-state index contributed by atoms with van der Waals surface area (Å²) in [7, 11) is 0. The summed E-state index contributed by atoms with van der Waals surface area (Å²) >= 11 is 0. The van der Waals surface area contributed by atoms with Crippen LogP contribution < -0.4 is 10.7 Å². The molecule has 0 radical (unpaired) electrons. The van der Waals surface area contributed by atoms with Gasteiger partial charge in [-0.2, -0.15) is 5.10 Å². The third kappa shape index (κ3) is 5.31. The van der Waals surface area contributed by atoms with Crippen LogP contribution in [0.25, 0.3) is 0 Å². The van der Waals surface area contributed by atoms with Crippen molar-refractivity contribution in [2.45, 2.75) is 0 Å². The summed E-state index contributed by atoms with van der Waals surface area (Å²) in [6, 6.07) is 10.6. The van der Waals surface area contributed by atoms with Crippen LogP contribution >= 0.6 is 0 Å². The zero-order valence-electron chi connectivity index (χ0n) is 11.9. The molecule has 2 amide bonds. The zero-order chi connectivity index (χ0) is 16.7. The van der Waals surface area contributed by atoms with Crippen LogP contribution in [0.1, 0.15) is 15.9 Å². The van der Waals surface area contributed by atoms with Crippen molar-refractivity contribution in [3.05, 3.63) is 71.3 Å². The highest BCUT2D eigenvalue weighted by molar-refractivity contribution is 5.96. The summed E-state index contributed by atoms with van der Waals surface area (Å²) in [4.78, 5) is 23.2. The first-order chi connectivity index (χ1) is 11.0. The first-order valence-corrected chi connectivity index (χ1v) is 6.66. The molecule has 2 aromatic rings. The summed E-state index contributed by atoms with van der Waals surface area (Å²) in [5, 5.41) is 6.02. The summed E-state index contributed by atoms with van der Waals surface area (Å²) < 4.78 is 25.7. The van der Waals surface area contributed by atoms with Crippen LogP contribution in [0.4, 0.5) is 8.78 Å². The minimum atomic E-state index is -0.567. The van der Waals surface area contributed by atoms with E-state index in [1.807, 2.05) is 0 Å². The molecule has 0 unspecified atom stereocenters. The van der Waals surface area contributed by atoms with E-state index < -0.39 is 17.6 Å². The molecule has 2 rings (SSSR count). The molecule has 0 spiro atoms. The predicted molar refractivity (Wildman–Crippen MR) is 80.9 cm³/mol. The number of hydrogen-bond acceptors (Lipinski definition) is 3. The SMILES string of the molecule is O=C(CNC(=O)c1cccc(F)c1)N/N=C/c1ccc(F)cc1. The molecule has 7 heteroatoms. The van der Waals surface area contributed by atoms with Crippen LogP contribution in [0.5, 0.6) is 0 Å². The second-order valence-electron chi connectivity index (χ2n) is 4.54. The Labute approximate surface area is 131 Å². The predicted octanol–water partition coefficient (Wildman–Crippen LogP) is 1.84. The number of carbonyl (C=O) groups excluding carboxylic acids is 2. The van der Waals surface area contributed by atoms with Crippen LogP contribution in [0.15, 0.2) is 53.6 Å². The fourth-order valence-corrected chi connectivity index (χ4v) is 1.66. The van der Waals surface area contributed by atoms with Gasteiger partial charge in [-0.25, -0.2) is 14.2 Å². The molecule has 0 saturated heterocycles. The van der Waals surface area contributed by atoms with Gasteiger partial charge in [-0.15, -0.1) is 0 Å². The molecular formula is C16H13F2N3O2. The van der Waals surface area contributed by atoms with Gasteiger partial charge in [0.2, 0.25) is 0 Å². The van der Waals surface area contributed by atoms with Crippen LogP contribution in [0.2, 0.25) is 0 Å². The number of hydrogen-bond donors (Lipinski definition) is 2. The van der Waals surface area contributed by atoms with E-state index in [0.29, 0.717) is 5.56 Å². The van der Waals surface area contributed by atoms with Crippen molar-refractivity contribution in [3.8, 4) is 0 Å². The molecule has 0 aromatic heterocycles. The van der Waals surface area contributed by atoms with Crippen LogP contribution in [0.3, 0.4) is 0 Å². The van der Waals surface area contributed by atoms with Gasteiger partial charge in [0.05, 0.1) is 12.8 Å². The minimum Gasteiger partial charge on any atom is -0.343 e. The van der Waals surface area contributed by atoms with E-state index in [2.05, 4.69) is 15.8 Å². The van der Waals surface area contributed by atoms with E-state index >= 15 is 0 Å². The first kappa shape index (κ1) is 16.3. The molecule has 0 atom stereocenters. The molecule has 118 valence electrons. The number of amides is 2. The summed E-state index contributed by atoms with van der Waals surface area (Å²) in [6.07, 6.45) is 1.34. The fourth-order valence-electron chi connectivity index (χ4n) is 1.66. The average molecular weight is 317 g/mol. The molecule has 2 aromatic carbocycles. The molecule has 0 fully saturated rings.